The summed E-state index contributed by atoms with van der Waals surface area (Å²) in [6, 6.07) is 5.50. The molecule has 3 N–H and O–H groups in total. The van der Waals surface area contributed by atoms with Crippen molar-refractivity contribution in [2.45, 2.75) is 52.0 Å². The van der Waals surface area contributed by atoms with E-state index in [-0.39, 0.29) is 18.3 Å². The highest BCUT2D eigenvalue weighted by molar-refractivity contribution is 7.89. The third kappa shape index (κ3) is 8.58. The minimum Gasteiger partial charge on any atom is -0.493 e. The Balaban J connectivity index is 1.76. The van der Waals surface area contributed by atoms with Gasteiger partial charge in [-0.25, -0.2) is 13.1 Å². The molecule has 158 valence electrons. The number of hydrogen-bond donors (Lipinski definition) is 3. The van der Waals surface area contributed by atoms with Crippen LogP contribution in [0.3, 0.4) is 0 Å². The van der Waals surface area contributed by atoms with E-state index in [1.165, 1.54) is 12.8 Å². The molecule has 0 saturated heterocycles. The van der Waals surface area contributed by atoms with Crippen LogP contribution in [0.15, 0.2) is 18.2 Å². The van der Waals surface area contributed by atoms with Gasteiger partial charge in [-0.2, -0.15) is 0 Å². The zero-order valence-corrected chi connectivity index (χ0v) is 17.6. The van der Waals surface area contributed by atoms with Gasteiger partial charge in [0, 0.05) is 6.04 Å². The zero-order chi connectivity index (χ0) is 20.6. The van der Waals surface area contributed by atoms with Gasteiger partial charge >= 0.3 is 5.97 Å². The molecule has 1 atom stereocenters. The van der Waals surface area contributed by atoms with Gasteiger partial charge in [-0.3, -0.25) is 4.79 Å². The van der Waals surface area contributed by atoms with E-state index >= 15 is 0 Å². The predicted molar refractivity (Wildman–Crippen MR) is 109 cm³/mol. The highest BCUT2D eigenvalue weighted by Crippen LogP contribution is 2.31. The van der Waals surface area contributed by atoms with Crippen LogP contribution in [-0.4, -0.2) is 44.9 Å². The Labute approximate surface area is 167 Å². The molecule has 1 aromatic carbocycles. The van der Waals surface area contributed by atoms with E-state index in [9.17, 15) is 13.2 Å². The molecule has 1 aliphatic rings. The van der Waals surface area contributed by atoms with Gasteiger partial charge < -0.3 is 15.2 Å². The van der Waals surface area contributed by atoms with Gasteiger partial charge in [0.15, 0.2) is 0 Å². The largest absolute Gasteiger partial charge is 0.493 e. The lowest BCUT2D eigenvalue weighted by atomic mass is 10.1. The lowest BCUT2D eigenvalue weighted by Gasteiger charge is -2.17. The first-order valence-electron chi connectivity index (χ1n) is 9.92. The molecule has 2 rings (SSSR count). The fourth-order valence-corrected chi connectivity index (χ4v) is 4.22. The van der Waals surface area contributed by atoms with Gasteiger partial charge in [-0.1, -0.05) is 18.6 Å². The third-order valence-corrected chi connectivity index (χ3v) is 6.32. The van der Waals surface area contributed by atoms with Crippen LogP contribution in [0, 0.1) is 12.8 Å². The van der Waals surface area contributed by atoms with Crippen molar-refractivity contribution in [1.82, 2.24) is 10.0 Å². The fraction of sp³-hybridized carbons (Fsp3) is 0.650. The van der Waals surface area contributed by atoms with Crippen LogP contribution in [0.25, 0.3) is 0 Å². The molecule has 0 bridgehead atoms. The average Bonchev–Trinajstić information content (AvgIpc) is 3.43. The Hall–Kier alpha value is -1.64. The second-order valence-corrected chi connectivity index (χ2v) is 9.44. The summed E-state index contributed by atoms with van der Waals surface area (Å²) in [4.78, 5) is 10.4. The number of aliphatic carboxylic acids is 1. The van der Waals surface area contributed by atoms with E-state index in [2.05, 4.69) is 10.0 Å². The summed E-state index contributed by atoms with van der Waals surface area (Å²) < 4.78 is 33.3. The smallest absolute Gasteiger partial charge is 0.317 e. The number of carboxylic acid groups (broad SMARTS) is 1. The SMILES string of the molecule is Cc1ccc(C(C)NS(=O)(=O)CCCCCNCC(=O)O)cc1OCC1CC1. The maximum absolute atomic E-state index is 12.3. The number of carbonyl (C=O) groups is 1. The summed E-state index contributed by atoms with van der Waals surface area (Å²) in [5, 5.41) is 11.3. The number of unbranched alkanes of at least 4 members (excludes halogenated alkanes) is 2. The average molecular weight is 413 g/mol. The van der Waals surface area contributed by atoms with Crippen molar-refractivity contribution in [3.63, 3.8) is 0 Å². The number of hydrogen-bond acceptors (Lipinski definition) is 5. The predicted octanol–water partition coefficient (Wildman–Crippen LogP) is 2.61. The number of nitrogens with one attached hydrogen (secondary N) is 2. The first kappa shape index (κ1) is 22.6. The van der Waals surface area contributed by atoms with Crippen molar-refractivity contribution in [2.75, 3.05) is 25.4 Å². The van der Waals surface area contributed by atoms with Gasteiger partial charge in [0.05, 0.1) is 18.9 Å². The molecule has 1 aromatic rings. The summed E-state index contributed by atoms with van der Waals surface area (Å²) in [7, 11) is -3.38. The molecule has 1 saturated carbocycles. The Morgan fingerprint density at radius 1 is 1.29 bits per heavy atom. The number of sulfonamides is 1. The topological polar surface area (TPSA) is 105 Å². The van der Waals surface area contributed by atoms with Crippen molar-refractivity contribution in [2.24, 2.45) is 5.92 Å². The van der Waals surface area contributed by atoms with Crippen molar-refractivity contribution in [3.8, 4) is 5.75 Å². The van der Waals surface area contributed by atoms with Crippen molar-refractivity contribution >= 4 is 16.0 Å². The summed E-state index contributed by atoms with van der Waals surface area (Å²) in [5.74, 6) is 0.660. The van der Waals surface area contributed by atoms with E-state index in [1.807, 2.05) is 32.0 Å². The first-order chi connectivity index (χ1) is 13.3. The zero-order valence-electron chi connectivity index (χ0n) is 16.7. The molecule has 0 spiro atoms. The standard InChI is InChI=1S/C20H32N2O5S/c1-15-6-9-18(12-19(15)27-14-17-7-8-17)16(2)22-28(25,26)11-5-3-4-10-21-13-20(23)24/h6,9,12,16-17,21-22H,3-5,7-8,10-11,13-14H2,1-2H3,(H,23,24). The quantitative estimate of drug-likeness (QED) is 0.406. The van der Waals surface area contributed by atoms with Crippen LogP contribution in [0.4, 0.5) is 0 Å². The van der Waals surface area contributed by atoms with Crippen LogP contribution in [0.5, 0.6) is 5.75 Å². The molecule has 0 aliphatic heterocycles. The van der Waals surface area contributed by atoms with Crippen molar-refractivity contribution in [1.29, 1.82) is 0 Å². The molecule has 0 radical (unpaired) electrons. The van der Waals surface area contributed by atoms with Gasteiger partial charge in [0.2, 0.25) is 10.0 Å². The Morgan fingerprint density at radius 3 is 2.71 bits per heavy atom. The van der Waals surface area contributed by atoms with E-state index < -0.39 is 16.0 Å². The van der Waals surface area contributed by atoms with Gasteiger partial charge in [0.1, 0.15) is 5.75 Å². The van der Waals surface area contributed by atoms with Gasteiger partial charge in [0.25, 0.3) is 0 Å². The van der Waals surface area contributed by atoms with Crippen LogP contribution in [-0.2, 0) is 14.8 Å². The molecule has 28 heavy (non-hydrogen) atoms. The van der Waals surface area contributed by atoms with Gasteiger partial charge in [-0.15, -0.1) is 0 Å². The van der Waals surface area contributed by atoms with E-state index in [0.717, 1.165) is 36.3 Å². The Kier molecular flexibility index (Phi) is 8.72. The van der Waals surface area contributed by atoms with E-state index in [4.69, 9.17) is 9.84 Å². The number of ether oxygens (including phenoxy) is 1. The Morgan fingerprint density at radius 2 is 2.04 bits per heavy atom. The fourth-order valence-electron chi connectivity index (χ4n) is 2.84. The van der Waals surface area contributed by atoms with Gasteiger partial charge in [-0.05, 0) is 69.2 Å². The number of aryl methyl sites for hydroxylation is 1. The minimum atomic E-state index is -3.38. The highest BCUT2D eigenvalue weighted by atomic mass is 32.2. The van der Waals surface area contributed by atoms with E-state index in [1.54, 1.807) is 0 Å². The maximum Gasteiger partial charge on any atom is 0.317 e. The van der Waals surface area contributed by atoms with Crippen molar-refractivity contribution in [3.05, 3.63) is 29.3 Å². The molecule has 0 amide bonds. The van der Waals surface area contributed by atoms with Crippen molar-refractivity contribution < 1.29 is 23.1 Å². The van der Waals surface area contributed by atoms with Crippen LogP contribution >= 0.6 is 0 Å². The minimum absolute atomic E-state index is 0.0627. The molecular weight excluding hydrogens is 380 g/mol. The van der Waals surface area contributed by atoms with Crippen LogP contribution in [0.1, 0.15) is 56.2 Å². The molecule has 1 aliphatic carbocycles. The Bertz CT molecular complexity index is 747. The lowest BCUT2D eigenvalue weighted by molar-refractivity contribution is -0.135. The maximum atomic E-state index is 12.3. The molecule has 0 heterocycles. The monoisotopic (exact) mass is 412 g/mol. The summed E-state index contributed by atoms with van der Waals surface area (Å²) in [5.41, 5.74) is 1.94. The second kappa shape index (κ2) is 10.8. The first-order valence-corrected chi connectivity index (χ1v) is 11.6. The summed E-state index contributed by atoms with van der Waals surface area (Å²) in [6.45, 7) is 5.06. The molecule has 0 aromatic heterocycles. The van der Waals surface area contributed by atoms with Crippen LogP contribution in [0.2, 0.25) is 0 Å². The van der Waals surface area contributed by atoms with E-state index in [0.29, 0.717) is 18.9 Å². The number of rotatable bonds is 14. The molecule has 7 nitrogen and oxygen atoms in total. The van der Waals surface area contributed by atoms with Crippen LogP contribution < -0.4 is 14.8 Å². The second-order valence-electron chi connectivity index (χ2n) is 7.57. The highest BCUT2D eigenvalue weighted by Gasteiger charge is 2.22. The molecule has 1 unspecified atom stereocenters. The number of benzene rings is 1. The lowest BCUT2D eigenvalue weighted by Crippen LogP contribution is -2.29. The normalized spacial score (nSPS) is 15.4. The summed E-state index contributed by atoms with van der Waals surface area (Å²) >= 11 is 0. The summed E-state index contributed by atoms with van der Waals surface area (Å²) in [6.07, 6.45) is 4.47. The molecule has 8 heteroatoms. The molecular formula is C20H32N2O5S. The third-order valence-electron chi connectivity index (χ3n) is 4.78. The molecule has 1 fully saturated rings. The number of carboxylic acids is 1.